The fraction of sp³-hybridized carbons (Fsp3) is 0.500. The second kappa shape index (κ2) is 6.40. The largest absolute Gasteiger partial charge is 0.481 e. The summed E-state index contributed by atoms with van der Waals surface area (Å²) in [5, 5.41) is 2.82. The summed E-state index contributed by atoms with van der Waals surface area (Å²) in [7, 11) is 0. The van der Waals surface area contributed by atoms with Crippen molar-refractivity contribution >= 4 is 5.91 Å². The number of carbonyl (C=O) groups is 1. The van der Waals surface area contributed by atoms with E-state index in [0.29, 0.717) is 12.3 Å². The van der Waals surface area contributed by atoms with Gasteiger partial charge in [0.25, 0.3) is 5.91 Å². The zero-order valence-corrected chi connectivity index (χ0v) is 11.5. The lowest BCUT2D eigenvalue weighted by atomic mass is 10.1. The highest BCUT2D eigenvalue weighted by Crippen LogP contribution is 2.20. The highest BCUT2D eigenvalue weighted by Gasteiger charge is 2.16. The number of ether oxygens (including phenoxy) is 1. The molecule has 0 aromatic heterocycles. The van der Waals surface area contributed by atoms with Crippen molar-refractivity contribution in [3.63, 3.8) is 0 Å². The molecule has 1 unspecified atom stereocenters. The highest BCUT2D eigenvalue weighted by molar-refractivity contribution is 5.80. The van der Waals surface area contributed by atoms with Gasteiger partial charge in [-0.25, -0.2) is 0 Å². The zero-order valence-electron chi connectivity index (χ0n) is 11.5. The first kappa shape index (κ1) is 14.5. The molecule has 0 spiro atoms. The predicted molar refractivity (Wildman–Crippen MR) is 72.4 cm³/mol. The smallest absolute Gasteiger partial charge is 0.260 e. The molecule has 0 aliphatic carbocycles. The van der Waals surface area contributed by atoms with Gasteiger partial charge >= 0.3 is 0 Å². The van der Waals surface area contributed by atoms with E-state index in [9.17, 15) is 4.79 Å². The number of aryl methyl sites for hydroxylation is 1. The molecule has 0 bridgehead atoms. The highest BCUT2D eigenvalue weighted by atomic mass is 16.5. The van der Waals surface area contributed by atoms with E-state index in [1.165, 1.54) is 0 Å². The summed E-state index contributed by atoms with van der Waals surface area (Å²) in [5.74, 6) is 0.558. The first-order valence-corrected chi connectivity index (χ1v) is 6.20. The fourth-order valence-corrected chi connectivity index (χ4v) is 1.63. The number of hydrogen-bond acceptors (Lipinski definition) is 3. The molecule has 0 aliphatic heterocycles. The molecule has 18 heavy (non-hydrogen) atoms. The Morgan fingerprint density at radius 1 is 1.39 bits per heavy atom. The van der Waals surface area contributed by atoms with Crippen LogP contribution in [0.3, 0.4) is 0 Å². The molecule has 100 valence electrons. The van der Waals surface area contributed by atoms with E-state index in [0.717, 1.165) is 11.1 Å². The van der Waals surface area contributed by atoms with E-state index >= 15 is 0 Å². The van der Waals surface area contributed by atoms with Crippen LogP contribution in [0.4, 0.5) is 0 Å². The third kappa shape index (κ3) is 4.04. The Labute approximate surface area is 109 Å². The van der Waals surface area contributed by atoms with Crippen molar-refractivity contribution in [1.29, 1.82) is 0 Å². The molecule has 0 radical (unpaired) electrons. The van der Waals surface area contributed by atoms with Crippen LogP contribution in [0.1, 0.15) is 31.9 Å². The van der Waals surface area contributed by atoms with Crippen LogP contribution >= 0.6 is 0 Å². The van der Waals surface area contributed by atoms with Gasteiger partial charge in [-0.2, -0.15) is 0 Å². The third-order valence-electron chi connectivity index (χ3n) is 2.54. The van der Waals surface area contributed by atoms with Crippen molar-refractivity contribution in [3.05, 3.63) is 29.3 Å². The molecule has 0 fully saturated rings. The minimum absolute atomic E-state index is 0.107. The van der Waals surface area contributed by atoms with Crippen molar-refractivity contribution in [2.24, 2.45) is 5.73 Å². The first-order chi connectivity index (χ1) is 8.43. The topological polar surface area (TPSA) is 64.3 Å². The quantitative estimate of drug-likeness (QED) is 0.836. The SMILES string of the molecule is Cc1ccc(OC(C)C(=O)NC(C)C)c(CN)c1. The molecule has 1 rings (SSSR count). The molecule has 4 nitrogen and oxygen atoms in total. The molecule has 3 N–H and O–H groups in total. The van der Waals surface area contributed by atoms with Gasteiger partial charge in [-0.3, -0.25) is 4.79 Å². The molecule has 1 amide bonds. The Bertz CT molecular complexity index is 416. The fourth-order valence-electron chi connectivity index (χ4n) is 1.63. The van der Waals surface area contributed by atoms with Crippen molar-refractivity contribution in [3.8, 4) is 5.75 Å². The normalized spacial score (nSPS) is 12.3. The molecule has 1 aromatic rings. The lowest BCUT2D eigenvalue weighted by molar-refractivity contribution is -0.127. The molecule has 0 saturated heterocycles. The average molecular weight is 250 g/mol. The van der Waals surface area contributed by atoms with Crippen molar-refractivity contribution < 1.29 is 9.53 Å². The molecule has 1 atom stereocenters. The van der Waals surface area contributed by atoms with E-state index in [2.05, 4.69) is 5.32 Å². The van der Waals surface area contributed by atoms with Gasteiger partial charge in [-0.05, 0) is 33.8 Å². The Hall–Kier alpha value is -1.55. The number of nitrogens with one attached hydrogen (secondary N) is 1. The predicted octanol–water partition coefficient (Wildman–Crippen LogP) is 1.75. The van der Waals surface area contributed by atoms with Crippen molar-refractivity contribution in [1.82, 2.24) is 5.32 Å². The number of rotatable bonds is 5. The van der Waals surface area contributed by atoms with E-state index in [1.54, 1.807) is 6.92 Å². The van der Waals surface area contributed by atoms with Gasteiger partial charge in [0.05, 0.1) is 0 Å². The van der Waals surface area contributed by atoms with Crippen LogP contribution in [0.15, 0.2) is 18.2 Å². The van der Waals surface area contributed by atoms with E-state index in [1.807, 2.05) is 39.0 Å². The summed E-state index contributed by atoms with van der Waals surface area (Å²) in [5.41, 5.74) is 7.71. The van der Waals surface area contributed by atoms with Crippen LogP contribution in [-0.2, 0) is 11.3 Å². The third-order valence-corrected chi connectivity index (χ3v) is 2.54. The summed E-state index contributed by atoms with van der Waals surface area (Å²) in [6, 6.07) is 5.89. The van der Waals surface area contributed by atoms with Crippen molar-refractivity contribution in [2.45, 2.75) is 46.4 Å². The standard InChI is InChI=1S/C14H22N2O2/c1-9(2)16-14(17)11(4)18-13-6-5-10(3)7-12(13)8-15/h5-7,9,11H,8,15H2,1-4H3,(H,16,17). The van der Waals surface area contributed by atoms with Gasteiger partial charge in [0.2, 0.25) is 0 Å². The van der Waals surface area contributed by atoms with Crippen LogP contribution in [0.5, 0.6) is 5.75 Å². The molecule has 1 aromatic carbocycles. The van der Waals surface area contributed by atoms with Crippen LogP contribution in [0, 0.1) is 6.92 Å². The Balaban J connectivity index is 2.75. The first-order valence-electron chi connectivity index (χ1n) is 6.20. The summed E-state index contributed by atoms with van der Waals surface area (Å²) in [6.07, 6.45) is -0.527. The van der Waals surface area contributed by atoms with Crippen LogP contribution < -0.4 is 15.8 Å². The summed E-state index contributed by atoms with van der Waals surface area (Å²) >= 11 is 0. The second-order valence-electron chi connectivity index (χ2n) is 4.74. The maximum absolute atomic E-state index is 11.8. The maximum Gasteiger partial charge on any atom is 0.260 e. The summed E-state index contributed by atoms with van der Waals surface area (Å²) in [6.45, 7) is 7.97. The van der Waals surface area contributed by atoms with Gasteiger partial charge in [-0.15, -0.1) is 0 Å². The Morgan fingerprint density at radius 3 is 2.61 bits per heavy atom. The number of nitrogens with two attached hydrogens (primary N) is 1. The minimum atomic E-state index is -0.527. The molecule has 0 saturated carbocycles. The van der Waals surface area contributed by atoms with Crippen molar-refractivity contribution in [2.75, 3.05) is 0 Å². The molecular weight excluding hydrogens is 228 g/mol. The lowest BCUT2D eigenvalue weighted by Gasteiger charge is -2.18. The van der Waals surface area contributed by atoms with Gasteiger partial charge < -0.3 is 15.8 Å². The number of hydrogen-bond donors (Lipinski definition) is 2. The molecular formula is C14H22N2O2. The van der Waals surface area contributed by atoms with E-state index in [4.69, 9.17) is 10.5 Å². The van der Waals surface area contributed by atoms with Crippen LogP contribution in [-0.4, -0.2) is 18.1 Å². The van der Waals surface area contributed by atoms with Crippen LogP contribution in [0.25, 0.3) is 0 Å². The molecule has 0 aliphatic rings. The van der Waals surface area contributed by atoms with Gasteiger partial charge in [0.15, 0.2) is 6.10 Å². The summed E-state index contributed by atoms with van der Waals surface area (Å²) < 4.78 is 5.66. The number of carbonyl (C=O) groups excluding carboxylic acids is 1. The van der Waals surface area contributed by atoms with Gasteiger partial charge in [0.1, 0.15) is 5.75 Å². The molecule has 0 heterocycles. The maximum atomic E-state index is 11.8. The Kier molecular flexibility index (Phi) is 5.16. The zero-order chi connectivity index (χ0) is 13.7. The summed E-state index contributed by atoms with van der Waals surface area (Å²) in [4.78, 5) is 11.8. The molecule has 4 heteroatoms. The lowest BCUT2D eigenvalue weighted by Crippen LogP contribution is -2.40. The van der Waals surface area contributed by atoms with E-state index < -0.39 is 6.10 Å². The van der Waals surface area contributed by atoms with Crippen LogP contribution in [0.2, 0.25) is 0 Å². The number of benzene rings is 1. The average Bonchev–Trinajstić information content (AvgIpc) is 2.30. The second-order valence-corrected chi connectivity index (χ2v) is 4.74. The minimum Gasteiger partial charge on any atom is -0.481 e. The Morgan fingerprint density at radius 2 is 2.06 bits per heavy atom. The number of amides is 1. The van der Waals surface area contributed by atoms with Gasteiger partial charge in [0, 0.05) is 18.2 Å². The van der Waals surface area contributed by atoms with E-state index in [-0.39, 0.29) is 11.9 Å². The monoisotopic (exact) mass is 250 g/mol. The van der Waals surface area contributed by atoms with Gasteiger partial charge in [-0.1, -0.05) is 17.7 Å².